The predicted molar refractivity (Wildman–Crippen MR) is 72.3 cm³/mol. The Morgan fingerprint density at radius 1 is 1.47 bits per heavy atom. The molecule has 2 rings (SSSR count). The van der Waals surface area contributed by atoms with Crippen LogP contribution in [-0.2, 0) is 6.54 Å². The van der Waals surface area contributed by atoms with Gasteiger partial charge in [0.2, 0.25) is 0 Å². The van der Waals surface area contributed by atoms with E-state index in [2.05, 4.69) is 10.3 Å². The first-order chi connectivity index (χ1) is 9.16. The summed E-state index contributed by atoms with van der Waals surface area (Å²) < 4.78 is 1.95. The summed E-state index contributed by atoms with van der Waals surface area (Å²) in [6.07, 6.45) is 6.15. The molecule has 0 saturated heterocycles. The number of nitrogens with one attached hydrogen (secondary N) is 1. The number of hydrogen-bond acceptors (Lipinski definition) is 3. The average Bonchev–Trinajstić information content (AvgIpc) is 2.91. The summed E-state index contributed by atoms with van der Waals surface area (Å²) in [6.45, 7) is 1.37. The van der Waals surface area contributed by atoms with Crippen LogP contribution in [0.5, 0.6) is 5.75 Å². The minimum Gasteiger partial charge on any atom is -0.506 e. The molecule has 2 aromatic rings. The zero-order chi connectivity index (χ0) is 13.7. The van der Waals surface area contributed by atoms with Crippen LogP contribution in [0.25, 0.3) is 0 Å². The Balaban J connectivity index is 1.79. The van der Waals surface area contributed by atoms with Crippen molar-refractivity contribution in [3.63, 3.8) is 0 Å². The number of carbonyl (C=O) groups excluding carboxylic acids is 1. The lowest BCUT2D eigenvalue weighted by atomic mass is 10.2. The van der Waals surface area contributed by atoms with E-state index in [0.717, 1.165) is 13.0 Å². The molecule has 0 aliphatic rings. The van der Waals surface area contributed by atoms with E-state index in [4.69, 9.17) is 11.6 Å². The Kier molecular flexibility index (Phi) is 4.41. The second-order valence-electron chi connectivity index (χ2n) is 4.08. The molecule has 1 heterocycles. The van der Waals surface area contributed by atoms with Crippen LogP contribution in [0.15, 0.2) is 36.9 Å². The third-order valence-corrected chi connectivity index (χ3v) is 2.95. The zero-order valence-electron chi connectivity index (χ0n) is 10.2. The number of benzene rings is 1. The van der Waals surface area contributed by atoms with Crippen molar-refractivity contribution in [2.24, 2.45) is 0 Å². The van der Waals surface area contributed by atoms with Crippen LogP contribution in [0.1, 0.15) is 16.8 Å². The van der Waals surface area contributed by atoms with Gasteiger partial charge in [-0.25, -0.2) is 4.98 Å². The number of nitrogens with zero attached hydrogens (tertiary/aromatic N) is 2. The molecule has 0 unspecified atom stereocenters. The van der Waals surface area contributed by atoms with Crippen molar-refractivity contribution < 1.29 is 9.90 Å². The number of hydrogen-bond donors (Lipinski definition) is 2. The molecule has 0 saturated carbocycles. The van der Waals surface area contributed by atoms with Gasteiger partial charge in [0.15, 0.2) is 0 Å². The largest absolute Gasteiger partial charge is 0.506 e. The van der Waals surface area contributed by atoms with Gasteiger partial charge in [0.25, 0.3) is 5.91 Å². The zero-order valence-corrected chi connectivity index (χ0v) is 11.0. The van der Waals surface area contributed by atoms with Crippen molar-refractivity contribution in [1.82, 2.24) is 14.9 Å². The van der Waals surface area contributed by atoms with E-state index in [-0.39, 0.29) is 16.7 Å². The molecule has 19 heavy (non-hydrogen) atoms. The number of imidazole rings is 1. The number of aromatic hydroxyl groups is 1. The van der Waals surface area contributed by atoms with Gasteiger partial charge in [0, 0.05) is 31.0 Å². The van der Waals surface area contributed by atoms with Crippen LogP contribution in [0.3, 0.4) is 0 Å². The maximum atomic E-state index is 11.8. The minimum absolute atomic E-state index is 0.0293. The Bertz CT molecular complexity index is 555. The van der Waals surface area contributed by atoms with Crippen molar-refractivity contribution >= 4 is 17.5 Å². The Morgan fingerprint density at radius 2 is 2.32 bits per heavy atom. The number of aromatic nitrogens is 2. The third kappa shape index (κ3) is 3.72. The van der Waals surface area contributed by atoms with E-state index in [0.29, 0.717) is 12.1 Å². The lowest BCUT2D eigenvalue weighted by Crippen LogP contribution is -2.25. The second kappa shape index (κ2) is 6.24. The van der Waals surface area contributed by atoms with Gasteiger partial charge in [-0.3, -0.25) is 4.79 Å². The number of carbonyl (C=O) groups is 1. The monoisotopic (exact) mass is 279 g/mol. The molecule has 1 aromatic carbocycles. The molecule has 0 spiro atoms. The normalized spacial score (nSPS) is 10.4. The van der Waals surface area contributed by atoms with E-state index in [1.54, 1.807) is 12.5 Å². The van der Waals surface area contributed by atoms with E-state index in [1.165, 1.54) is 18.2 Å². The number of phenols is 1. The topological polar surface area (TPSA) is 67.2 Å². The van der Waals surface area contributed by atoms with Crippen molar-refractivity contribution in [3.05, 3.63) is 47.5 Å². The van der Waals surface area contributed by atoms with Gasteiger partial charge < -0.3 is 15.0 Å². The van der Waals surface area contributed by atoms with Crippen molar-refractivity contribution in [2.45, 2.75) is 13.0 Å². The third-order valence-electron chi connectivity index (χ3n) is 2.65. The van der Waals surface area contributed by atoms with E-state index in [1.807, 2.05) is 10.8 Å². The standard InChI is InChI=1S/C13H14ClN3O2/c14-11-8-10(2-3-12(11)18)13(19)16-4-1-6-17-7-5-15-9-17/h2-3,5,7-9,18H,1,4,6H2,(H,16,19). The molecule has 0 fully saturated rings. The molecule has 0 aliphatic carbocycles. The van der Waals surface area contributed by atoms with Gasteiger partial charge in [0.05, 0.1) is 11.3 Å². The summed E-state index contributed by atoms with van der Waals surface area (Å²) in [4.78, 5) is 15.7. The first-order valence-corrected chi connectivity index (χ1v) is 6.27. The highest BCUT2D eigenvalue weighted by Crippen LogP contribution is 2.23. The van der Waals surface area contributed by atoms with Gasteiger partial charge in [-0.2, -0.15) is 0 Å². The van der Waals surface area contributed by atoms with Gasteiger partial charge in [-0.15, -0.1) is 0 Å². The average molecular weight is 280 g/mol. The van der Waals surface area contributed by atoms with Crippen molar-refractivity contribution in [2.75, 3.05) is 6.54 Å². The van der Waals surface area contributed by atoms with Crippen LogP contribution in [0.2, 0.25) is 5.02 Å². The maximum absolute atomic E-state index is 11.8. The first-order valence-electron chi connectivity index (χ1n) is 5.89. The molecule has 1 amide bonds. The summed E-state index contributed by atoms with van der Waals surface area (Å²) in [7, 11) is 0. The fourth-order valence-corrected chi connectivity index (χ4v) is 1.81. The maximum Gasteiger partial charge on any atom is 0.251 e. The quantitative estimate of drug-likeness (QED) is 0.823. The van der Waals surface area contributed by atoms with Crippen molar-refractivity contribution in [3.8, 4) is 5.75 Å². The van der Waals surface area contributed by atoms with Crippen molar-refractivity contribution in [1.29, 1.82) is 0 Å². The minimum atomic E-state index is -0.201. The Morgan fingerprint density at radius 3 is 3.00 bits per heavy atom. The Hall–Kier alpha value is -2.01. The lowest BCUT2D eigenvalue weighted by Gasteiger charge is -2.06. The second-order valence-corrected chi connectivity index (χ2v) is 4.48. The molecule has 6 heteroatoms. The van der Waals surface area contributed by atoms with Crippen LogP contribution in [0.4, 0.5) is 0 Å². The molecular weight excluding hydrogens is 266 g/mol. The van der Waals surface area contributed by atoms with Gasteiger partial charge in [-0.05, 0) is 24.6 Å². The summed E-state index contributed by atoms with van der Waals surface area (Å²) in [5, 5.41) is 12.2. The Labute approximate surface area is 115 Å². The molecule has 0 atom stereocenters. The van der Waals surface area contributed by atoms with Gasteiger partial charge in [-0.1, -0.05) is 11.6 Å². The molecular formula is C13H14ClN3O2. The van der Waals surface area contributed by atoms with E-state index < -0.39 is 0 Å². The van der Waals surface area contributed by atoms with Crippen LogP contribution >= 0.6 is 11.6 Å². The highest BCUT2D eigenvalue weighted by molar-refractivity contribution is 6.32. The lowest BCUT2D eigenvalue weighted by molar-refractivity contribution is 0.0952. The first kappa shape index (κ1) is 13.4. The summed E-state index contributed by atoms with van der Waals surface area (Å²) in [5.41, 5.74) is 0.436. The highest BCUT2D eigenvalue weighted by atomic mass is 35.5. The predicted octanol–water partition coefficient (Wildman–Crippen LogP) is 2.06. The number of halogens is 1. The molecule has 0 bridgehead atoms. The number of amides is 1. The molecule has 0 aliphatic heterocycles. The number of phenolic OH excluding ortho intramolecular Hbond substituents is 1. The van der Waals surface area contributed by atoms with Crippen LogP contribution in [-0.4, -0.2) is 27.1 Å². The molecule has 0 radical (unpaired) electrons. The number of rotatable bonds is 5. The van der Waals surface area contributed by atoms with Crippen LogP contribution < -0.4 is 5.32 Å². The van der Waals surface area contributed by atoms with Gasteiger partial charge in [0.1, 0.15) is 5.75 Å². The van der Waals surface area contributed by atoms with E-state index >= 15 is 0 Å². The highest BCUT2D eigenvalue weighted by Gasteiger charge is 2.07. The molecule has 5 nitrogen and oxygen atoms in total. The SMILES string of the molecule is O=C(NCCCn1ccnc1)c1ccc(O)c(Cl)c1. The number of aryl methyl sites for hydroxylation is 1. The summed E-state index contributed by atoms with van der Waals surface area (Å²) in [6, 6.07) is 4.39. The molecule has 100 valence electrons. The molecule has 1 aromatic heterocycles. The smallest absolute Gasteiger partial charge is 0.251 e. The van der Waals surface area contributed by atoms with Gasteiger partial charge >= 0.3 is 0 Å². The van der Waals surface area contributed by atoms with Crippen LogP contribution in [0, 0.1) is 0 Å². The summed E-state index contributed by atoms with van der Waals surface area (Å²) >= 11 is 5.75. The fourth-order valence-electron chi connectivity index (χ4n) is 1.63. The molecule has 2 N–H and O–H groups in total. The fraction of sp³-hybridized carbons (Fsp3) is 0.231. The summed E-state index contributed by atoms with van der Waals surface area (Å²) in [5.74, 6) is -0.231. The van der Waals surface area contributed by atoms with E-state index in [9.17, 15) is 9.90 Å².